The summed E-state index contributed by atoms with van der Waals surface area (Å²) in [5.41, 5.74) is 3.51. The van der Waals surface area contributed by atoms with Crippen LogP contribution in [0.4, 0.5) is 29.3 Å². The van der Waals surface area contributed by atoms with Gasteiger partial charge in [0.05, 0.1) is 11.4 Å². The molecule has 0 saturated heterocycles. The third-order valence-electron chi connectivity index (χ3n) is 5.32. The molecule has 6 nitrogen and oxygen atoms in total. The number of benzene rings is 3. The minimum absolute atomic E-state index is 0.274. The van der Waals surface area contributed by atoms with E-state index in [0.717, 1.165) is 10.0 Å². The number of rotatable bonds is 5. The molecule has 3 amide bonds. The maximum absolute atomic E-state index is 13.1. The van der Waals surface area contributed by atoms with Crippen LogP contribution >= 0.6 is 27.5 Å². The van der Waals surface area contributed by atoms with Crippen LogP contribution in [0.3, 0.4) is 0 Å². The fourth-order valence-electron chi connectivity index (χ4n) is 3.63. The maximum Gasteiger partial charge on any atom is 0.405 e. The number of alkyl halides is 3. The van der Waals surface area contributed by atoms with Crippen molar-refractivity contribution in [3.63, 3.8) is 0 Å². The van der Waals surface area contributed by atoms with Gasteiger partial charge in [-0.2, -0.15) is 13.2 Å². The largest absolute Gasteiger partial charge is 0.405 e. The standard InChI is InChI=1S/C25H19BrClF3N4O2/c26-19-4-2-1-3-15(19)11-21-23(35)34-20-10-7-16(27)12-18(20)22(33-21)14-5-8-17(9-6-14)32-24(36)31-13-25(28,29)30/h1-10,12,21H,11,13H2,(H,34,35)(H2,31,32,36). The number of amides is 3. The highest BCUT2D eigenvalue weighted by molar-refractivity contribution is 9.10. The van der Waals surface area contributed by atoms with E-state index >= 15 is 0 Å². The van der Waals surface area contributed by atoms with Crippen LogP contribution in [0.25, 0.3) is 0 Å². The summed E-state index contributed by atoms with van der Waals surface area (Å²) < 4.78 is 37.8. The second-order valence-electron chi connectivity index (χ2n) is 7.97. The SMILES string of the molecule is O=C(NCC(F)(F)F)Nc1ccc(C2=NC(Cc3ccccc3Br)C(=O)Nc3ccc(Cl)cc32)cc1. The Morgan fingerprint density at radius 2 is 1.81 bits per heavy atom. The van der Waals surface area contributed by atoms with Gasteiger partial charge in [-0.15, -0.1) is 0 Å². The van der Waals surface area contributed by atoms with Crippen LogP contribution in [-0.2, 0) is 11.2 Å². The first-order valence-electron chi connectivity index (χ1n) is 10.7. The Labute approximate surface area is 218 Å². The van der Waals surface area contributed by atoms with E-state index < -0.39 is 24.8 Å². The van der Waals surface area contributed by atoms with Crippen LogP contribution in [0.15, 0.2) is 76.2 Å². The second kappa shape index (κ2) is 10.7. The topological polar surface area (TPSA) is 82.6 Å². The fraction of sp³-hybridized carbons (Fsp3) is 0.160. The number of benzodiazepines with no additional fused rings is 1. The molecule has 4 rings (SSSR count). The van der Waals surface area contributed by atoms with E-state index in [2.05, 4.69) is 26.6 Å². The molecule has 1 aliphatic rings. The third kappa shape index (κ3) is 6.44. The summed E-state index contributed by atoms with van der Waals surface area (Å²) in [7, 11) is 0. The Bertz CT molecular complexity index is 1330. The van der Waals surface area contributed by atoms with Gasteiger partial charge in [-0.25, -0.2) is 4.79 Å². The number of urea groups is 1. The molecule has 1 atom stereocenters. The zero-order valence-corrected chi connectivity index (χ0v) is 20.8. The predicted molar refractivity (Wildman–Crippen MR) is 137 cm³/mol. The van der Waals surface area contributed by atoms with Crippen molar-refractivity contribution in [1.82, 2.24) is 5.32 Å². The monoisotopic (exact) mass is 578 g/mol. The molecule has 0 saturated carbocycles. The highest BCUT2D eigenvalue weighted by atomic mass is 79.9. The third-order valence-corrected chi connectivity index (χ3v) is 6.33. The van der Waals surface area contributed by atoms with E-state index in [9.17, 15) is 22.8 Å². The first kappa shape index (κ1) is 25.7. The Hall–Kier alpha value is -3.37. The predicted octanol–water partition coefficient (Wildman–Crippen LogP) is 6.19. The quantitative estimate of drug-likeness (QED) is 0.337. The molecular weight excluding hydrogens is 561 g/mol. The molecule has 0 aromatic heterocycles. The van der Waals surface area contributed by atoms with Gasteiger partial charge in [-0.1, -0.05) is 57.9 Å². The van der Waals surface area contributed by atoms with Crippen molar-refractivity contribution >= 4 is 56.6 Å². The molecule has 0 bridgehead atoms. The van der Waals surface area contributed by atoms with Crippen molar-refractivity contribution in [3.8, 4) is 0 Å². The lowest BCUT2D eigenvalue weighted by atomic mass is 10.00. The number of carbonyl (C=O) groups is 2. The molecule has 0 spiro atoms. The molecule has 0 radical (unpaired) electrons. The van der Waals surface area contributed by atoms with E-state index in [-0.39, 0.29) is 11.6 Å². The van der Waals surface area contributed by atoms with Crippen LogP contribution in [0, 0.1) is 0 Å². The van der Waals surface area contributed by atoms with E-state index in [4.69, 9.17) is 16.6 Å². The van der Waals surface area contributed by atoms with Crippen molar-refractivity contribution < 1.29 is 22.8 Å². The van der Waals surface area contributed by atoms with Gasteiger partial charge in [-0.05, 0) is 42.0 Å². The number of nitrogens with one attached hydrogen (secondary N) is 3. The van der Waals surface area contributed by atoms with E-state index in [1.165, 1.54) is 12.1 Å². The number of anilines is 2. The summed E-state index contributed by atoms with van der Waals surface area (Å²) in [6.45, 7) is -1.44. The van der Waals surface area contributed by atoms with Gasteiger partial charge in [-0.3, -0.25) is 9.79 Å². The van der Waals surface area contributed by atoms with Crippen molar-refractivity contribution in [2.24, 2.45) is 4.99 Å². The maximum atomic E-state index is 13.1. The lowest BCUT2D eigenvalue weighted by molar-refractivity contribution is -0.122. The van der Waals surface area contributed by atoms with Crippen LogP contribution in [0.2, 0.25) is 5.02 Å². The van der Waals surface area contributed by atoms with E-state index in [1.54, 1.807) is 35.6 Å². The lowest BCUT2D eigenvalue weighted by Gasteiger charge is -2.13. The number of hydrogen-bond acceptors (Lipinski definition) is 3. The molecule has 36 heavy (non-hydrogen) atoms. The average Bonchev–Trinajstić information content (AvgIpc) is 2.95. The first-order chi connectivity index (χ1) is 17.1. The molecule has 11 heteroatoms. The van der Waals surface area contributed by atoms with Crippen molar-refractivity contribution in [2.75, 3.05) is 17.2 Å². The number of halogens is 5. The highest BCUT2D eigenvalue weighted by Gasteiger charge is 2.28. The summed E-state index contributed by atoms with van der Waals surface area (Å²) >= 11 is 9.75. The van der Waals surface area contributed by atoms with Crippen LogP contribution < -0.4 is 16.0 Å². The van der Waals surface area contributed by atoms with Gasteiger partial charge in [0.1, 0.15) is 12.6 Å². The van der Waals surface area contributed by atoms with Crippen LogP contribution in [0.1, 0.15) is 16.7 Å². The number of aliphatic imine (C=N–C) groups is 1. The fourth-order valence-corrected chi connectivity index (χ4v) is 4.25. The van der Waals surface area contributed by atoms with Crippen molar-refractivity contribution in [2.45, 2.75) is 18.6 Å². The summed E-state index contributed by atoms with van der Waals surface area (Å²) in [4.78, 5) is 29.6. The number of carbonyl (C=O) groups excluding carboxylic acids is 2. The normalized spacial score (nSPS) is 15.3. The zero-order valence-electron chi connectivity index (χ0n) is 18.5. The van der Waals surface area contributed by atoms with Crippen LogP contribution in [0.5, 0.6) is 0 Å². The Kier molecular flexibility index (Phi) is 7.65. The first-order valence-corrected chi connectivity index (χ1v) is 11.9. The molecule has 1 heterocycles. The number of nitrogens with zero attached hydrogens (tertiary/aromatic N) is 1. The minimum atomic E-state index is -4.51. The molecule has 1 aliphatic heterocycles. The van der Waals surface area contributed by atoms with Gasteiger partial charge < -0.3 is 16.0 Å². The molecule has 0 fully saturated rings. The lowest BCUT2D eigenvalue weighted by Crippen LogP contribution is -2.36. The molecule has 0 aliphatic carbocycles. The summed E-state index contributed by atoms with van der Waals surface area (Å²) in [5.74, 6) is -0.274. The smallest absolute Gasteiger partial charge is 0.329 e. The van der Waals surface area contributed by atoms with Crippen LogP contribution in [-0.4, -0.2) is 36.4 Å². The Balaban J connectivity index is 1.65. The molecule has 3 N–H and O–H groups in total. The van der Waals surface area contributed by atoms with Crippen molar-refractivity contribution in [3.05, 3.63) is 92.9 Å². The zero-order chi connectivity index (χ0) is 25.9. The van der Waals surface area contributed by atoms with E-state index in [1.807, 2.05) is 24.3 Å². The Morgan fingerprint density at radius 3 is 2.50 bits per heavy atom. The summed E-state index contributed by atoms with van der Waals surface area (Å²) in [6, 6.07) is 17.3. The molecular formula is C25H19BrClF3N4O2. The number of hydrogen-bond donors (Lipinski definition) is 3. The highest BCUT2D eigenvalue weighted by Crippen LogP contribution is 2.29. The number of fused-ring (bicyclic) bond motifs is 1. The van der Waals surface area contributed by atoms with Gasteiger partial charge >= 0.3 is 12.2 Å². The Morgan fingerprint density at radius 1 is 1.08 bits per heavy atom. The minimum Gasteiger partial charge on any atom is -0.329 e. The molecule has 1 unspecified atom stereocenters. The van der Waals surface area contributed by atoms with Gasteiger partial charge in [0.2, 0.25) is 5.91 Å². The molecule has 3 aromatic rings. The van der Waals surface area contributed by atoms with Crippen molar-refractivity contribution in [1.29, 1.82) is 0 Å². The van der Waals surface area contributed by atoms with Gasteiger partial charge in [0.25, 0.3) is 0 Å². The van der Waals surface area contributed by atoms with E-state index in [0.29, 0.717) is 34.0 Å². The molecule has 186 valence electrons. The average molecular weight is 580 g/mol. The second-order valence-corrected chi connectivity index (χ2v) is 9.26. The van der Waals surface area contributed by atoms with Gasteiger partial charge in [0, 0.05) is 32.7 Å². The van der Waals surface area contributed by atoms with Gasteiger partial charge in [0.15, 0.2) is 0 Å². The summed E-state index contributed by atoms with van der Waals surface area (Å²) in [5, 5.41) is 7.49. The summed E-state index contributed by atoms with van der Waals surface area (Å²) in [6.07, 6.45) is -4.16. The molecule has 3 aromatic carbocycles.